The van der Waals surface area contributed by atoms with Crippen molar-refractivity contribution in [1.29, 1.82) is 0 Å². The molecule has 10 heteroatoms. The fourth-order valence-electron chi connectivity index (χ4n) is 8.50. The Labute approximate surface area is 457 Å². The molecule has 0 amide bonds. The number of carbonyl (C=O) groups is 2. The van der Waals surface area contributed by atoms with Gasteiger partial charge < -0.3 is 27.9 Å². The van der Waals surface area contributed by atoms with Gasteiger partial charge in [-0.2, -0.15) is 0 Å². The van der Waals surface area contributed by atoms with Crippen LogP contribution in [0.2, 0.25) is 0 Å². The summed E-state index contributed by atoms with van der Waals surface area (Å²) in [7, 11) is 1.17. The van der Waals surface area contributed by atoms with E-state index < -0.39 is 26.5 Å². The molecule has 2 unspecified atom stereocenters. The molecule has 0 aromatic rings. The maximum atomic E-state index is 12.8. The summed E-state index contributed by atoms with van der Waals surface area (Å²) in [4.78, 5) is 37.8. The van der Waals surface area contributed by atoms with Gasteiger partial charge in [0, 0.05) is 12.8 Å². The smallest absolute Gasteiger partial charge is 0.306 e. The molecule has 0 heterocycles. The molecule has 0 bridgehead atoms. The van der Waals surface area contributed by atoms with E-state index in [1.165, 1.54) is 148 Å². The molecular weight excluding hydrogens is 942 g/mol. The molecule has 0 aliphatic rings. The van der Waals surface area contributed by atoms with E-state index in [2.05, 4.69) is 86.8 Å². The monoisotopic (exact) mass is 1060 g/mol. The number of quaternary nitrogens is 1. The normalized spacial score (nSPS) is 13.8. The Kier molecular flexibility index (Phi) is 53.3. The quantitative estimate of drug-likeness (QED) is 0.0195. The number of nitrogens with zero attached hydrogens (tertiary/aromatic N) is 1. The Morgan fingerprint density at radius 2 is 0.770 bits per heavy atom. The van der Waals surface area contributed by atoms with Crippen molar-refractivity contribution >= 4 is 19.8 Å². The highest BCUT2D eigenvalue weighted by atomic mass is 31.2. The summed E-state index contributed by atoms with van der Waals surface area (Å²) >= 11 is 0. The summed E-state index contributed by atoms with van der Waals surface area (Å²) in [5.74, 6) is -0.836. The van der Waals surface area contributed by atoms with Crippen LogP contribution in [0.5, 0.6) is 0 Å². The number of carbonyl (C=O) groups excluding carboxylic acids is 2. The second kappa shape index (κ2) is 55.2. The van der Waals surface area contributed by atoms with Crippen LogP contribution in [0.25, 0.3) is 0 Å². The van der Waals surface area contributed by atoms with Gasteiger partial charge in [-0.05, 0) is 83.5 Å². The number of phosphoric ester groups is 1. The van der Waals surface area contributed by atoms with E-state index in [1.54, 1.807) is 0 Å². The average Bonchev–Trinajstić information content (AvgIpc) is 3.36. The van der Waals surface area contributed by atoms with E-state index in [4.69, 9.17) is 18.5 Å². The molecule has 0 radical (unpaired) electrons. The van der Waals surface area contributed by atoms with Crippen LogP contribution in [0.15, 0.2) is 72.9 Å². The maximum Gasteiger partial charge on any atom is 0.306 e. The zero-order valence-electron chi connectivity index (χ0n) is 48.8. The highest BCUT2D eigenvalue weighted by Crippen LogP contribution is 2.38. The number of hydrogen-bond acceptors (Lipinski definition) is 8. The van der Waals surface area contributed by atoms with Crippen molar-refractivity contribution in [2.75, 3.05) is 47.5 Å². The third kappa shape index (κ3) is 58.7. The number of rotatable bonds is 56. The Bertz CT molecular complexity index is 1480. The Morgan fingerprint density at radius 3 is 1.16 bits per heavy atom. The van der Waals surface area contributed by atoms with Crippen LogP contribution in [-0.4, -0.2) is 70.0 Å². The van der Waals surface area contributed by atoms with Gasteiger partial charge >= 0.3 is 11.9 Å². The van der Waals surface area contributed by atoms with E-state index in [-0.39, 0.29) is 32.0 Å². The fourth-order valence-corrected chi connectivity index (χ4v) is 9.23. The van der Waals surface area contributed by atoms with Crippen LogP contribution in [0.3, 0.4) is 0 Å². The van der Waals surface area contributed by atoms with Crippen LogP contribution in [0.4, 0.5) is 0 Å². The SMILES string of the molecule is CC/C=C\C/C=C\C/C=C\C/C=C\C/C=C\CCCCCCCCCCCCCCCCCCCCCCCC(=O)OC(COC(=O)CCCCCCC/C=C\CCCCCC)COP(=O)([O-])OCC[N+](C)(C)C. The molecule has 0 spiro atoms. The molecule has 0 aromatic heterocycles. The summed E-state index contributed by atoms with van der Waals surface area (Å²) in [6, 6.07) is 0. The molecule has 0 aromatic carbocycles. The molecule has 0 saturated heterocycles. The highest BCUT2D eigenvalue weighted by Gasteiger charge is 2.22. The van der Waals surface area contributed by atoms with E-state index in [1.807, 2.05) is 21.1 Å². The van der Waals surface area contributed by atoms with Crippen LogP contribution < -0.4 is 4.89 Å². The standard InChI is InChI=1S/C64H116NO8P/c1-6-8-10-12-14-16-18-20-21-22-23-24-25-26-27-28-29-30-31-32-33-34-35-36-37-38-39-40-41-42-43-45-47-49-51-53-55-57-64(67)73-62(61-72-74(68,69)71-59-58-65(3,4)5)60-70-63(66)56-54-52-50-48-46-44-19-17-15-13-11-9-7-2/h8,10,14,16-17,19-21,23-24,26-27,62H,6-7,9,11-13,15,18,22,25,28-61H2,1-5H3/b10-8-,16-14-,19-17-,21-20-,24-23-,27-26-. The Hall–Kier alpha value is -2.55. The van der Waals surface area contributed by atoms with Crippen molar-refractivity contribution < 1.29 is 42.1 Å². The largest absolute Gasteiger partial charge is 0.756 e. The van der Waals surface area contributed by atoms with Gasteiger partial charge in [-0.3, -0.25) is 14.2 Å². The first-order valence-electron chi connectivity index (χ1n) is 30.6. The number of ether oxygens (including phenoxy) is 2. The van der Waals surface area contributed by atoms with Crippen LogP contribution in [0.1, 0.15) is 271 Å². The summed E-state index contributed by atoms with van der Waals surface area (Å²) < 4.78 is 34.1. The summed E-state index contributed by atoms with van der Waals surface area (Å²) in [6.45, 7) is 4.12. The lowest BCUT2D eigenvalue weighted by Gasteiger charge is -2.28. The van der Waals surface area contributed by atoms with Gasteiger partial charge in [0.1, 0.15) is 19.8 Å². The van der Waals surface area contributed by atoms with Crippen LogP contribution in [0, 0.1) is 0 Å². The second-order valence-corrected chi connectivity index (χ2v) is 23.1. The summed E-state index contributed by atoms with van der Waals surface area (Å²) in [5, 5.41) is 0. The molecule has 9 nitrogen and oxygen atoms in total. The van der Waals surface area contributed by atoms with Crippen molar-refractivity contribution in [3.8, 4) is 0 Å². The predicted molar refractivity (Wildman–Crippen MR) is 314 cm³/mol. The van der Waals surface area contributed by atoms with E-state index in [0.29, 0.717) is 17.4 Å². The highest BCUT2D eigenvalue weighted by molar-refractivity contribution is 7.45. The molecule has 0 rings (SSSR count). The van der Waals surface area contributed by atoms with Crippen LogP contribution >= 0.6 is 7.82 Å². The topological polar surface area (TPSA) is 111 Å². The summed E-state index contributed by atoms with van der Waals surface area (Å²) in [6.07, 6.45) is 72.6. The molecule has 0 saturated carbocycles. The minimum Gasteiger partial charge on any atom is -0.756 e. The number of esters is 2. The first kappa shape index (κ1) is 71.5. The lowest BCUT2D eigenvalue weighted by Crippen LogP contribution is -2.37. The van der Waals surface area contributed by atoms with Gasteiger partial charge in [0.05, 0.1) is 27.7 Å². The third-order valence-corrected chi connectivity index (χ3v) is 14.2. The van der Waals surface area contributed by atoms with Crippen molar-refractivity contribution in [3.05, 3.63) is 72.9 Å². The average molecular weight is 1060 g/mol. The van der Waals surface area contributed by atoms with Gasteiger partial charge in [-0.1, -0.05) is 247 Å². The van der Waals surface area contributed by atoms with Gasteiger partial charge in [0.15, 0.2) is 6.10 Å². The van der Waals surface area contributed by atoms with Crippen molar-refractivity contribution in [2.24, 2.45) is 0 Å². The van der Waals surface area contributed by atoms with E-state index in [0.717, 1.165) is 89.9 Å². The fraction of sp³-hybridized carbons (Fsp3) is 0.781. The summed E-state index contributed by atoms with van der Waals surface area (Å²) in [5.41, 5.74) is 0. The number of unbranched alkanes of at least 4 members (excludes halogenated alkanes) is 30. The van der Waals surface area contributed by atoms with Crippen LogP contribution in [-0.2, 0) is 32.7 Å². The van der Waals surface area contributed by atoms with E-state index >= 15 is 0 Å². The molecule has 2 atom stereocenters. The zero-order chi connectivity index (χ0) is 54.2. The molecule has 74 heavy (non-hydrogen) atoms. The molecular formula is C64H116NO8P. The molecule has 0 N–H and O–H groups in total. The molecule has 0 aliphatic heterocycles. The third-order valence-electron chi connectivity index (χ3n) is 13.2. The molecule has 0 aliphatic carbocycles. The maximum absolute atomic E-state index is 12.8. The lowest BCUT2D eigenvalue weighted by atomic mass is 10.0. The van der Waals surface area contributed by atoms with Gasteiger partial charge in [-0.25, -0.2) is 0 Å². The lowest BCUT2D eigenvalue weighted by molar-refractivity contribution is -0.870. The van der Waals surface area contributed by atoms with Gasteiger partial charge in [0.25, 0.3) is 7.82 Å². The Balaban J connectivity index is 3.94. The first-order chi connectivity index (χ1) is 36.0. The Morgan fingerprint density at radius 1 is 0.432 bits per heavy atom. The predicted octanol–water partition coefficient (Wildman–Crippen LogP) is 18.6. The van der Waals surface area contributed by atoms with Crippen molar-refractivity contribution in [2.45, 2.75) is 277 Å². The van der Waals surface area contributed by atoms with E-state index in [9.17, 15) is 19.0 Å². The van der Waals surface area contributed by atoms with Crippen molar-refractivity contribution in [3.63, 3.8) is 0 Å². The number of allylic oxidation sites excluding steroid dienone is 12. The minimum atomic E-state index is -4.63. The first-order valence-corrected chi connectivity index (χ1v) is 32.1. The molecule has 0 fully saturated rings. The van der Waals surface area contributed by atoms with Crippen molar-refractivity contribution in [1.82, 2.24) is 0 Å². The number of hydrogen-bond donors (Lipinski definition) is 0. The molecule has 430 valence electrons. The second-order valence-electron chi connectivity index (χ2n) is 21.7. The van der Waals surface area contributed by atoms with Gasteiger partial charge in [-0.15, -0.1) is 0 Å². The zero-order valence-corrected chi connectivity index (χ0v) is 49.7. The number of likely N-dealkylation sites (N-methyl/N-ethyl adjacent to an activating group) is 1. The number of phosphoric acid groups is 1. The minimum absolute atomic E-state index is 0.0320. The van der Waals surface area contributed by atoms with Gasteiger partial charge in [0.2, 0.25) is 0 Å².